The molecule has 0 amide bonds. The third kappa shape index (κ3) is 3.17. The molecule has 0 spiro atoms. The van der Waals surface area contributed by atoms with Crippen LogP contribution < -0.4 is 0 Å². The van der Waals surface area contributed by atoms with E-state index in [9.17, 15) is 46.1 Å². The highest BCUT2D eigenvalue weighted by Gasteiger charge is 2.30. The average Bonchev–Trinajstić information content (AvgIpc) is 2.57. The number of benzene rings is 4. The normalized spacial score (nSPS) is 15.5. The fourth-order valence-electron chi connectivity index (χ4n) is 3.56. The van der Waals surface area contributed by atoms with Gasteiger partial charge in [-0.3, -0.25) is 0 Å². The van der Waals surface area contributed by atoms with Crippen LogP contribution in [0.3, 0.4) is 0 Å². The zero-order chi connectivity index (χ0) is 21.5. The minimum atomic E-state index is -4.38. The summed E-state index contributed by atoms with van der Waals surface area (Å²) in [5.41, 5.74) is 0. The zero-order valence-corrected chi connectivity index (χ0v) is 16.6. The van der Waals surface area contributed by atoms with Crippen molar-refractivity contribution in [2.45, 2.75) is 14.7 Å². The molecule has 10 N–H and O–H groups in total. The third-order valence-corrected chi connectivity index (χ3v) is 7.43. The molecule has 0 atom stereocenters. The highest BCUT2D eigenvalue weighted by atomic mass is 32.3. The summed E-state index contributed by atoms with van der Waals surface area (Å²) in [4.78, 5) is -1.43. The number of phenols is 1. The summed E-state index contributed by atoms with van der Waals surface area (Å²) in [7, 11) is -13.0. The van der Waals surface area contributed by atoms with Crippen LogP contribution in [0.4, 0.5) is 0 Å². The average molecular weight is 464 g/mol. The fourth-order valence-corrected chi connectivity index (χ4v) is 5.85. The molecule has 0 fully saturated rings. The molecule has 29 heavy (non-hydrogen) atoms. The molecule has 0 saturated carbocycles. The van der Waals surface area contributed by atoms with E-state index in [4.69, 9.17) is 0 Å². The maximum atomic E-state index is 10.3. The summed E-state index contributed by atoms with van der Waals surface area (Å²) in [6.07, 6.45) is 0. The number of phenolic OH excluding ortho intramolecular Hbond substituents is 1. The van der Waals surface area contributed by atoms with Gasteiger partial charge in [-0.2, -0.15) is 0 Å². The van der Waals surface area contributed by atoms with Gasteiger partial charge in [0.05, 0.1) is 14.7 Å². The van der Waals surface area contributed by atoms with Crippen LogP contribution >= 0.6 is 32.6 Å². The standard InChI is InChI=1S/C16H16O10S3/c17-11-5-12(27(18,19)20)8-3-4-10-14(29(24,25)26)6-13(28(21,22)23)9-2-1-7(11)15(8)16(9)10/h1-6,17-26H. The van der Waals surface area contributed by atoms with Crippen LogP contribution in [0.1, 0.15) is 0 Å². The van der Waals surface area contributed by atoms with Crippen molar-refractivity contribution < 1.29 is 46.1 Å². The summed E-state index contributed by atoms with van der Waals surface area (Å²) in [5, 5.41) is 10.8. The first kappa shape index (κ1) is 20.7. The molecule has 0 radical (unpaired) electrons. The highest BCUT2D eigenvalue weighted by Crippen LogP contribution is 2.58. The topological polar surface area (TPSA) is 202 Å². The van der Waals surface area contributed by atoms with Crippen LogP contribution in [0.2, 0.25) is 0 Å². The lowest BCUT2D eigenvalue weighted by Gasteiger charge is -2.29. The summed E-state index contributed by atoms with van der Waals surface area (Å²) in [5.74, 6) is -0.436. The van der Waals surface area contributed by atoms with Crippen LogP contribution in [0.25, 0.3) is 32.3 Å². The SMILES string of the molecule is Oc1cc(S(O)(O)O)c2ccc3c(S(O)(O)O)cc(S(O)(O)O)c4ccc1c2c43. The zero-order valence-electron chi connectivity index (χ0n) is 14.2. The Labute approximate surface area is 167 Å². The minimum absolute atomic E-state index is 0.0407. The second-order valence-corrected chi connectivity index (χ2v) is 10.8. The van der Waals surface area contributed by atoms with E-state index in [1.165, 1.54) is 24.3 Å². The van der Waals surface area contributed by atoms with E-state index in [1.54, 1.807) is 0 Å². The Hall–Kier alpha value is -1.59. The number of hydrogen-bond acceptors (Lipinski definition) is 10. The van der Waals surface area contributed by atoms with E-state index in [-0.39, 0.29) is 32.3 Å². The predicted molar refractivity (Wildman–Crippen MR) is 113 cm³/mol. The van der Waals surface area contributed by atoms with E-state index in [0.29, 0.717) is 0 Å². The molecule has 4 aromatic carbocycles. The van der Waals surface area contributed by atoms with Gasteiger partial charge >= 0.3 is 0 Å². The van der Waals surface area contributed by atoms with E-state index in [0.717, 1.165) is 12.1 Å². The Kier molecular flexibility index (Phi) is 4.43. The molecule has 0 unspecified atom stereocenters. The second kappa shape index (κ2) is 6.21. The first-order valence-electron chi connectivity index (χ1n) is 7.71. The summed E-state index contributed by atoms with van der Waals surface area (Å²) >= 11 is 0. The molecular formula is C16H16O10S3. The van der Waals surface area contributed by atoms with Crippen molar-refractivity contribution in [3.05, 3.63) is 36.4 Å². The first-order valence-corrected chi connectivity index (χ1v) is 12.2. The maximum absolute atomic E-state index is 10.3. The molecule has 158 valence electrons. The molecule has 0 aliphatic rings. The van der Waals surface area contributed by atoms with Gasteiger partial charge in [0.15, 0.2) is 0 Å². The largest absolute Gasteiger partial charge is 0.507 e. The fraction of sp³-hybridized carbons (Fsp3) is 0. The van der Waals surface area contributed by atoms with Gasteiger partial charge in [-0.1, -0.05) is 18.2 Å². The lowest BCUT2D eigenvalue weighted by atomic mass is 9.94. The summed E-state index contributed by atoms with van der Waals surface area (Å²) in [6, 6.07) is 7.15. The van der Waals surface area contributed by atoms with E-state index in [1.807, 2.05) is 0 Å². The van der Waals surface area contributed by atoms with Gasteiger partial charge in [-0.05, 0) is 18.2 Å². The van der Waals surface area contributed by atoms with Gasteiger partial charge in [-0.25, -0.2) is 0 Å². The highest BCUT2D eigenvalue weighted by molar-refractivity contribution is 8.20. The molecule has 0 saturated heterocycles. The second-order valence-electron chi connectivity index (χ2n) is 6.39. The van der Waals surface area contributed by atoms with Crippen molar-refractivity contribution in [3.8, 4) is 5.75 Å². The molecule has 0 bridgehead atoms. The summed E-state index contributed by atoms with van der Waals surface area (Å²) in [6.45, 7) is 0. The van der Waals surface area contributed by atoms with E-state index in [2.05, 4.69) is 0 Å². The van der Waals surface area contributed by atoms with Gasteiger partial charge in [0, 0.05) is 32.3 Å². The van der Waals surface area contributed by atoms with Gasteiger partial charge in [0.1, 0.15) is 38.4 Å². The lowest BCUT2D eigenvalue weighted by molar-refractivity contribution is 0.372. The van der Waals surface area contributed by atoms with E-state index < -0.39 is 53.0 Å². The Bertz CT molecular complexity index is 1240. The molecule has 0 heterocycles. The third-order valence-electron chi connectivity index (χ3n) is 4.65. The molecule has 0 aliphatic heterocycles. The number of hydrogen-bond donors (Lipinski definition) is 10. The minimum Gasteiger partial charge on any atom is -0.507 e. The monoisotopic (exact) mass is 464 g/mol. The number of aromatic hydroxyl groups is 1. The summed E-state index contributed by atoms with van der Waals surface area (Å²) < 4.78 is 88.3. The molecule has 4 rings (SSSR count). The molecule has 0 aliphatic carbocycles. The molecule has 0 aromatic heterocycles. The first-order chi connectivity index (χ1) is 13.2. The van der Waals surface area contributed by atoms with Crippen molar-refractivity contribution in [2.24, 2.45) is 0 Å². The van der Waals surface area contributed by atoms with Crippen molar-refractivity contribution in [2.75, 3.05) is 0 Å². The van der Waals surface area contributed by atoms with Gasteiger partial charge in [-0.15, -0.1) is 0 Å². The Balaban J connectivity index is 2.36. The van der Waals surface area contributed by atoms with Crippen molar-refractivity contribution in [3.63, 3.8) is 0 Å². The van der Waals surface area contributed by atoms with Crippen molar-refractivity contribution >= 4 is 64.9 Å². The van der Waals surface area contributed by atoms with Crippen LogP contribution in [0, 0.1) is 0 Å². The van der Waals surface area contributed by atoms with Crippen LogP contribution in [-0.4, -0.2) is 46.1 Å². The van der Waals surface area contributed by atoms with Gasteiger partial charge in [0.2, 0.25) is 0 Å². The van der Waals surface area contributed by atoms with Crippen LogP contribution in [0.5, 0.6) is 5.75 Å². The predicted octanol–water partition coefficient (Wildman–Crippen LogP) is 6.04. The van der Waals surface area contributed by atoms with Gasteiger partial charge < -0.3 is 46.1 Å². The number of rotatable bonds is 3. The van der Waals surface area contributed by atoms with Crippen molar-refractivity contribution in [1.29, 1.82) is 0 Å². The maximum Gasteiger partial charge on any atom is 0.124 e. The van der Waals surface area contributed by atoms with Crippen LogP contribution in [-0.2, 0) is 0 Å². The van der Waals surface area contributed by atoms with Crippen molar-refractivity contribution in [1.82, 2.24) is 0 Å². The van der Waals surface area contributed by atoms with Gasteiger partial charge in [0.25, 0.3) is 0 Å². The molecular weight excluding hydrogens is 448 g/mol. The van der Waals surface area contributed by atoms with Crippen LogP contribution in [0.15, 0.2) is 51.1 Å². The molecule has 4 aromatic rings. The lowest BCUT2D eigenvalue weighted by Crippen LogP contribution is -2.04. The Morgan fingerprint density at radius 2 is 0.759 bits per heavy atom. The smallest absolute Gasteiger partial charge is 0.124 e. The quantitative estimate of drug-likeness (QED) is 0.159. The van der Waals surface area contributed by atoms with E-state index >= 15 is 0 Å². The molecule has 13 heteroatoms. The Morgan fingerprint density at radius 3 is 1.14 bits per heavy atom. The Morgan fingerprint density at radius 1 is 0.448 bits per heavy atom. The molecule has 10 nitrogen and oxygen atoms in total.